The number of thiazole rings is 1. The molecule has 0 saturated heterocycles. The molecule has 140 valence electrons. The highest BCUT2D eigenvalue weighted by Gasteiger charge is 2.12. The van der Waals surface area contributed by atoms with Gasteiger partial charge in [-0.3, -0.25) is 4.79 Å². The summed E-state index contributed by atoms with van der Waals surface area (Å²) in [6.07, 6.45) is 0.0958. The van der Waals surface area contributed by atoms with Crippen molar-refractivity contribution in [3.8, 4) is 22.8 Å². The van der Waals surface area contributed by atoms with Crippen LogP contribution in [0.1, 0.15) is 5.56 Å². The second-order valence-corrected chi connectivity index (χ2v) is 6.34. The number of methoxy groups -OCH3 is 1. The molecule has 0 unspecified atom stereocenters. The summed E-state index contributed by atoms with van der Waals surface area (Å²) in [4.78, 5) is 16.6. The zero-order valence-electron chi connectivity index (χ0n) is 14.3. The van der Waals surface area contributed by atoms with E-state index in [1.807, 2.05) is 29.6 Å². The molecule has 3 aromatic rings. The lowest BCUT2D eigenvalue weighted by molar-refractivity contribution is -0.115. The van der Waals surface area contributed by atoms with Gasteiger partial charge in [0.05, 0.1) is 19.2 Å². The molecule has 0 radical (unpaired) electrons. The molecular weight excluding hydrogens is 374 g/mol. The van der Waals surface area contributed by atoms with Crippen molar-refractivity contribution in [3.05, 3.63) is 59.5 Å². The van der Waals surface area contributed by atoms with Gasteiger partial charge in [0.25, 0.3) is 0 Å². The Labute approximate surface area is 158 Å². The van der Waals surface area contributed by atoms with E-state index in [0.717, 1.165) is 5.56 Å². The van der Waals surface area contributed by atoms with Gasteiger partial charge < -0.3 is 14.8 Å². The number of para-hydroxylation sites is 1. The van der Waals surface area contributed by atoms with Crippen LogP contribution in [0.25, 0.3) is 11.3 Å². The van der Waals surface area contributed by atoms with E-state index in [1.165, 1.54) is 23.5 Å². The fourth-order valence-corrected chi connectivity index (χ4v) is 3.18. The number of hydrogen-bond donors (Lipinski definition) is 1. The van der Waals surface area contributed by atoms with E-state index in [4.69, 9.17) is 4.74 Å². The molecule has 5 nitrogen and oxygen atoms in total. The third-order valence-electron chi connectivity index (χ3n) is 3.65. The number of nitrogens with zero attached hydrogens (tertiary/aromatic N) is 1. The number of amides is 1. The predicted molar refractivity (Wildman–Crippen MR) is 99.5 cm³/mol. The number of nitrogens with one attached hydrogen (secondary N) is 1. The zero-order valence-corrected chi connectivity index (χ0v) is 15.1. The Morgan fingerprint density at radius 2 is 1.93 bits per heavy atom. The van der Waals surface area contributed by atoms with E-state index >= 15 is 0 Å². The molecule has 1 aromatic heterocycles. The second kappa shape index (κ2) is 8.59. The SMILES string of the molecule is COc1ccccc1-c1csc(NC(=O)Cc2ccc(OC(F)F)cc2)n1. The van der Waals surface area contributed by atoms with Crippen LogP contribution in [0.4, 0.5) is 13.9 Å². The van der Waals surface area contributed by atoms with Crippen molar-refractivity contribution in [2.75, 3.05) is 12.4 Å². The highest BCUT2D eigenvalue weighted by molar-refractivity contribution is 7.14. The number of hydrogen-bond acceptors (Lipinski definition) is 5. The Morgan fingerprint density at radius 1 is 1.19 bits per heavy atom. The number of carbonyl (C=O) groups excluding carboxylic acids is 1. The van der Waals surface area contributed by atoms with E-state index in [-0.39, 0.29) is 18.1 Å². The lowest BCUT2D eigenvalue weighted by Gasteiger charge is -2.06. The van der Waals surface area contributed by atoms with Crippen molar-refractivity contribution in [3.63, 3.8) is 0 Å². The number of rotatable bonds is 7. The minimum absolute atomic E-state index is 0.0514. The quantitative estimate of drug-likeness (QED) is 0.640. The first kappa shape index (κ1) is 18.8. The Morgan fingerprint density at radius 3 is 2.63 bits per heavy atom. The van der Waals surface area contributed by atoms with Gasteiger partial charge in [0, 0.05) is 10.9 Å². The van der Waals surface area contributed by atoms with Crippen molar-refractivity contribution < 1.29 is 23.0 Å². The van der Waals surface area contributed by atoms with Crippen molar-refractivity contribution >= 4 is 22.4 Å². The van der Waals surface area contributed by atoms with Gasteiger partial charge in [-0.05, 0) is 29.8 Å². The minimum atomic E-state index is -2.87. The molecule has 0 atom stereocenters. The van der Waals surface area contributed by atoms with Crippen LogP contribution in [0.15, 0.2) is 53.9 Å². The van der Waals surface area contributed by atoms with Crippen LogP contribution < -0.4 is 14.8 Å². The van der Waals surface area contributed by atoms with Crippen LogP contribution in [0.5, 0.6) is 11.5 Å². The Bertz CT molecular complexity index is 913. The Hall–Kier alpha value is -3.00. The van der Waals surface area contributed by atoms with Crippen molar-refractivity contribution in [1.29, 1.82) is 0 Å². The fraction of sp³-hybridized carbons (Fsp3) is 0.158. The summed E-state index contributed by atoms with van der Waals surface area (Å²) in [6, 6.07) is 13.4. The molecule has 27 heavy (non-hydrogen) atoms. The Kier molecular flexibility index (Phi) is 5.97. The number of alkyl halides is 2. The predicted octanol–water partition coefficient (Wildman–Crippen LogP) is 4.60. The monoisotopic (exact) mass is 390 g/mol. The molecule has 1 amide bonds. The number of halogens is 2. The summed E-state index contributed by atoms with van der Waals surface area (Å²) in [6.45, 7) is -2.87. The first-order valence-electron chi connectivity index (χ1n) is 7.97. The summed E-state index contributed by atoms with van der Waals surface area (Å²) in [5.74, 6) is 0.501. The highest BCUT2D eigenvalue weighted by atomic mass is 32.1. The molecule has 0 fully saturated rings. The van der Waals surface area contributed by atoms with E-state index in [1.54, 1.807) is 19.2 Å². The zero-order chi connectivity index (χ0) is 19.2. The first-order valence-corrected chi connectivity index (χ1v) is 8.85. The molecule has 8 heteroatoms. The van der Waals surface area contributed by atoms with Crippen LogP contribution >= 0.6 is 11.3 Å². The van der Waals surface area contributed by atoms with Crippen LogP contribution in [0, 0.1) is 0 Å². The maximum absolute atomic E-state index is 12.2. The lowest BCUT2D eigenvalue weighted by Crippen LogP contribution is -2.14. The summed E-state index contributed by atoms with van der Waals surface area (Å²) >= 11 is 1.31. The first-order chi connectivity index (χ1) is 13.0. The molecule has 0 bridgehead atoms. The average Bonchev–Trinajstić information content (AvgIpc) is 3.11. The molecule has 0 aliphatic heterocycles. The third kappa shape index (κ3) is 5.01. The van der Waals surface area contributed by atoms with E-state index < -0.39 is 6.61 Å². The number of aromatic nitrogens is 1. The molecule has 0 aliphatic carbocycles. The lowest BCUT2D eigenvalue weighted by atomic mass is 10.1. The topological polar surface area (TPSA) is 60.5 Å². The molecule has 1 heterocycles. The minimum Gasteiger partial charge on any atom is -0.496 e. The summed E-state index contributed by atoms with van der Waals surface area (Å²) in [5, 5.41) is 5.05. The molecule has 1 N–H and O–H groups in total. The van der Waals surface area contributed by atoms with Crippen LogP contribution in [-0.2, 0) is 11.2 Å². The summed E-state index contributed by atoms with van der Waals surface area (Å²) in [7, 11) is 1.59. The van der Waals surface area contributed by atoms with Gasteiger partial charge in [0.2, 0.25) is 5.91 Å². The number of carbonyl (C=O) groups is 1. The van der Waals surface area contributed by atoms with Crippen LogP contribution in [-0.4, -0.2) is 24.6 Å². The van der Waals surface area contributed by atoms with E-state index in [2.05, 4.69) is 15.0 Å². The van der Waals surface area contributed by atoms with Gasteiger partial charge in [-0.2, -0.15) is 8.78 Å². The molecule has 0 spiro atoms. The maximum Gasteiger partial charge on any atom is 0.387 e. The Balaban J connectivity index is 1.62. The summed E-state index contributed by atoms with van der Waals surface area (Å²) < 4.78 is 33.9. The molecule has 2 aromatic carbocycles. The summed E-state index contributed by atoms with van der Waals surface area (Å²) in [5.41, 5.74) is 2.23. The van der Waals surface area contributed by atoms with Crippen molar-refractivity contribution in [2.45, 2.75) is 13.0 Å². The number of ether oxygens (including phenoxy) is 2. The second-order valence-electron chi connectivity index (χ2n) is 5.49. The van der Waals surface area contributed by atoms with Gasteiger partial charge in [0.1, 0.15) is 11.5 Å². The van der Waals surface area contributed by atoms with Gasteiger partial charge >= 0.3 is 6.61 Å². The maximum atomic E-state index is 12.2. The molecule has 0 aliphatic rings. The van der Waals surface area contributed by atoms with Gasteiger partial charge in [0.15, 0.2) is 5.13 Å². The van der Waals surface area contributed by atoms with Gasteiger partial charge in [-0.25, -0.2) is 4.98 Å². The normalized spacial score (nSPS) is 10.7. The van der Waals surface area contributed by atoms with Crippen LogP contribution in [0.3, 0.4) is 0 Å². The fourth-order valence-electron chi connectivity index (χ4n) is 2.45. The number of anilines is 1. The number of benzene rings is 2. The van der Waals surface area contributed by atoms with Crippen LogP contribution in [0.2, 0.25) is 0 Å². The average molecular weight is 390 g/mol. The van der Waals surface area contributed by atoms with Gasteiger partial charge in [-0.15, -0.1) is 11.3 Å². The molecular formula is C19H16F2N2O3S. The largest absolute Gasteiger partial charge is 0.496 e. The van der Waals surface area contributed by atoms with Crippen molar-refractivity contribution in [2.24, 2.45) is 0 Å². The van der Waals surface area contributed by atoms with Crippen molar-refractivity contribution in [1.82, 2.24) is 4.98 Å². The van der Waals surface area contributed by atoms with Gasteiger partial charge in [-0.1, -0.05) is 24.3 Å². The smallest absolute Gasteiger partial charge is 0.387 e. The highest BCUT2D eigenvalue weighted by Crippen LogP contribution is 2.31. The van der Waals surface area contributed by atoms with E-state index in [0.29, 0.717) is 22.1 Å². The molecule has 3 rings (SSSR count). The third-order valence-corrected chi connectivity index (χ3v) is 4.40. The molecule has 0 saturated carbocycles. The standard InChI is InChI=1S/C19H16F2N2O3S/c1-25-16-5-3-2-4-14(16)15-11-27-19(22-15)23-17(24)10-12-6-8-13(9-7-12)26-18(20)21/h2-9,11,18H,10H2,1H3,(H,22,23,24). The van der Waals surface area contributed by atoms with E-state index in [9.17, 15) is 13.6 Å².